The van der Waals surface area contributed by atoms with Gasteiger partial charge in [0.05, 0.1) is 36.5 Å². The first-order valence-electron chi connectivity index (χ1n) is 27.6. The number of phenolic OH excluding ortho intramolecular Hbond substituents is 1. The van der Waals surface area contributed by atoms with Crippen LogP contribution < -0.4 is 20.3 Å². The lowest BCUT2D eigenvalue weighted by Crippen LogP contribution is -2.58. The van der Waals surface area contributed by atoms with E-state index in [1.54, 1.807) is 35.2 Å². The number of carbonyl (C=O) groups excluding carboxylic acids is 5. The maximum absolute atomic E-state index is 14.1. The quantitative estimate of drug-likeness (QED) is 0.0224. The predicted octanol–water partition coefficient (Wildman–Crippen LogP) is 9.66. The number of unbranched alkanes of at least 4 members (excludes halogenated alkanes) is 3. The van der Waals surface area contributed by atoms with Gasteiger partial charge in [-0.1, -0.05) is 75.4 Å². The lowest BCUT2D eigenvalue weighted by molar-refractivity contribution is -0.438. The minimum atomic E-state index is -1.83. The number of phenols is 1. The highest BCUT2D eigenvalue weighted by Crippen LogP contribution is 2.50. The van der Waals surface area contributed by atoms with Crippen LogP contribution in [0, 0.1) is 0 Å². The van der Waals surface area contributed by atoms with Gasteiger partial charge in [-0.2, -0.15) is 4.58 Å². The summed E-state index contributed by atoms with van der Waals surface area (Å²) in [6.07, 6.45) is 15.7. The monoisotopic (exact) mass is 1070 g/mol. The van der Waals surface area contributed by atoms with Crippen LogP contribution in [-0.2, 0) is 51.4 Å². The summed E-state index contributed by atoms with van der Waals surface area (Å²) in [5.74, 6) is -2.22. The van der Waals surface area contributed by atoms with Gasteiger partial charge >= 0.3 is 11.9 Å². The van der Waals surface area contributed by atoms with E-state index in [1.807, 2.05) is 0 Å². The van der Waals surface area contributed by atoms with Gasteiger partial charge in [0, 0.05) is 96.2 Å². The number of benzene rings is 4. The van der Waals surface area contributed by atoms with Crippen molar-refractivity contribution in [2.75, 3.05) is 58.5 Å². The Bertz CT molecular complexity index is 3360. The number of methoxy groups -OCH3 is 2. The van der Waals surface area contributed by atoms with Crippen LogP contribution in [0.1, 0.15) is 112 Å². The zero-order valence-corrected chi connectivity index (χ0v) is 46.5. The Labute approximate surface area is 462 Å². The van der Waals surface area contributed by atoms with Gasteiger partial charge in [0.25, 0.3) is 5.91 Å². The number of carbonyl (C=O) groups is 5. The highest BCUT2D eigenvalue weighted by molar-refractivity contribution is 6.15. The van der Waals surface area contributed by atoms with Crippen LogP contribution in [0.15, 0.2) is 138 Å². The summed E-state index contributed by atoms with van der Waals surface area (Å²) < 4.78 is 19.0. The molecule has 412 valence electrons. The number of allylic oxidation sites excluding steroid dienone is 6. The number of esters is 2. The molecule has 2 amide bonds. The first kappa shape index (κ1) is 55.6. The molecule has 0 radical (unpaired) electrons. The smallest absolute Gasteiger partial charge is 0.343 e. The standard InChI is InChI=1S/C64H72N6O9/c1-8-35-69-51-24-14-12-22-47(51)62(2,3)54(69)27-20-28-55-63(4,5)48-23-13-15-25-52(48)70(55)36-19-9-10-29-56(72)65-33-17-18-34-66-57(73)41-79-43-30-31-50-46(39-43)44-32-37-68-40-42(58(74)45-21-11-16-26-53(45)71)38-49(60(75)77-6)64(68,59(44)67-50)61(76)78-7/h11-16,20-28,30-31,38-40,67H,8-10,17-19,29,32-37,41H2,1-7H3,(H2-,65,66,71,72,73,74)/p+1/t64-/m1/s1. The number of nitrogens with one attached hydrogen (secondary N) is 3. The molecule has 0 aliphatic carbocycles. The molecule has 0 saturated carbocycles. The number of aromatic hydroxyl groups is 1. The number of rotatable bonds is 22. The van der Waals surface area contributed by atoms with E-state index in [-0.39, 0.29) is 58.3 Å². The number of anilines is 1. The van der Waals surface area contributed by atoms with Crippen molar-refractivity contribution in [2.24, 2.45) is 0 Å². The largest absolute Gasteiger partial charge is 0.507 e. The number of aromatic nitrogens is 1. The number of hydrogen-bond acceptors (Lipinski definition) is 11. The van der Waals surface area contributed by atoms with Crippen LogP contribution in [0.3, 0.4) is 0 Å². The molecule has 4 aliphatic rings. The van der Waals surface area contributed by atoms with Crippen LogP contribution >= 0.6 is 0 Å². The third kappa shape index (κ3) is 10.6. The molecule has 15 heteroatoms. The number of nitrogens with zero attached hydrogens (tertiary/aromatic N) is 3. The van der Waals surface area contributed by atoms with Gasteiger partial charge in [0.2, 0.25) is 17.1 Å². The summed E-state index contributed by atoms with van der Waals surface area (Å²) in [5, 5.41) is 17.1. The first-order valence-corrected chi connectivity index (χ1v) is 27.6. The van der Waals surface area contributed by atoms with E-state index in [2.05, 4.69) is 126 Å². The topological polar surface area (TPSA) is 183 Å². The summed E-state index contributed by atoms with van der Waals surface area (Å²) in [5.41, 5.74) is 7.47. The van der Waals surface area contributed by atoms with Crippen LogP contribution in [0.2, 0.25) is 0 Å². The van der Waals surface area contributed by atoms with E-state index in [1.165, 1.54) is 72.5 Å². The van der Waals surface area contributed by atoms with E-state index in [0.717, 1.165) is 49.7 Å². The van der Waals surface area contributed by atoms with Crippen molar-refractivity contribution < 1.29 is 47.9 Å². The Kier molecular flexibility index (Phi) is 16.5. The molecule has 5 heterocycles. The van der Waals surface area contributed by atoms with E-state index in [0.29, 0.717) is 55.7 Å². The predicted molar refractivity (Wildman–Crippen MR) is 306 cm³/mol. The fourth-order valence-electron chi connectivity index (χ4n) is 12.0. The third-order valence-corrected chi connectivity index (χ3v) is 16.0. The van der Waals surface area contributed by atoms with Gasteiger partial charge in [-0.3, -0.25) is 14.4 Å². The molecular formula is C64H73N6O9+. The molecule has 0 bridgehead atoms. The van der Waals surface area contributed by atoms with Gasteiger partial charge in [0.15, 0.2) is 18.1 Å². The maximum atomic E-state index is 14.1. The molecule has 1 atom stereocenters. The van der Waals surface area contributed by atoms with Crippen molar-refractivity contribution in [3.63, 3.8) is 0 Å². The molecule has 0 saturated heterocycles. The minimum absolute atomic E-state index is 0.0307. The zero-order chi connectivity index (χ0) is 56.1. The van der Waals surface area contributed by atoms with Crippen LogP contribution in [0.4, 0.5) is 11.4 Å². The van der Waals surface area contributed by atoms with Crippen molar-refractivity contribution in [3.8, 4) is 11.5 Å². The van der Waals surface area contributed by atoms with Crippen molar-refractivity contribution in [1.29, 1.82) is 0 Å². The molecule has 0 fully saturated rings. The van der Waals surface area contributed by atoms with Crippen molar-refractivity contribution in [1.82, 2.24) is 20.5 Å². The average molecular weight is 1070 g/mol. The molecule has 1 aromatic heterocycles. The van der Waals surface area contributed by atoms with Gasteiger partial charge in [-0.15, -0.1) is 0 Å². The minimum Gasteiger partial charge on any atom is -0.507 e. The normalized spacial score (nSPS) is 18.1. The second kappa shape index (κ2) is 23.4. The molecule has 4 aliphatic heterocycles. The number of hydrogen-bond donors (Lipinski definition) is 4. The van der Waals surface area contributed by atoms with Crippen molar-refractivity contribution in [2.45, 2.75) is 102 Å². The molecule has 0 unspecified atom stereocenters. The number of ether oxygens (including phenoxy) is 3. The first-order chi connectivity index (χ1) is 38.1. The maximum Gasteiger partial charge on any atom is 0.343 e. The number of para-hydroxylation sites is 3. The number of amides is 2. The fourth-order valence-corrected chi connectivity index (χ4v) is 12.0. The molecule has 79 heavy (non-hydrogen) atoms. The Hall–Kier alpha value is -8.20. The van der Waals surface area contributed by atoms with E-state index >= 15 is 0 Å². The van der Waals surface area contributed by atoms with E-state index < -0.39 is 23.3 Å². The summed E-state index contributed by atoms with van der Waals surface area (Å²) in [7, 11) is 2.42. The van der Waals surface area contributed by atoms with Crippen LogP contribution in [-0.4, -0.2) is 108 Å². The lowest BCUT2D eigenvalue weighted by Gasteiger charge is -2.46. The molecule has 15 nitrogen and oxygen atoms in total. The molecule has 4 aromatic carbocycles. The molecule has 4 N–H and O–H groups in total. The number of H-pyrrole nitrogens is 1. The molecule has 5 aromatic rings. The van der Waals surface area contributed by atoms with Crippen LogP contribution in [0.5, 0.6) is 11.5 Å². The Balaban J connectivity index is 0.734. The van der Waals surface area contributed by atoms with Gasteiger partial charge < -0.3 is 44.7 Å². The number of ketones is 1. The molecular weight excluding hydrogens is 997 g/mol. The number of fused-ring (bicyclic) bond motifs is 7. The Morgan fingerprint density at radius 2 is 1.53 bits per heavy atom. The highest BCUT2D eigenvalue weighted by atomic mass is 16.5. The summed E-state index contributed by atoms with van der Waals surface area (Å²) >= 11 is 0. The van der Waals surface area contributed by atoms with Crippen LogP contribution in [0.25, 0.3) is 10.9 Å². The zero-order valence-electron chi connectivity index (χ0n) is 46.5. The fraction of sp³-hybridized carbons (Fsp3) is 0.375. The summed E-state index contributed by atoms with van der Waals surface area (Å²) in [4.78, 5) is 74.6. The number of Topliss-reactive ketones (excluding diaryl/α,β-unsaturated/α-hetero) is 1. The molecule has 0 spiro atoms. The second-order valence-corrected chi connectivity index (χ2v) is 21.7. The molecule has 9 rings (SSSR count). The van der Waals surface area contributed by atoms with Crippen molar-refractivity contribution in [3.05, 3.63) is 166 Å². The Morgan fingerprint density at radius 1 is 0.810 bits per heavy atom. The van der Waals surface area contributed by atoms with E-state index in [9.17, 15) is 29.1 Å². The lowest BCUT2D eigenvalue weighted by atomic mass is 9.75. The summed E-state index contributed by atoms with van der Waals surface area (Å²) in [6, 6.07) is 28.8. The second-order valence-electron chi connectivity index (χ2n) is 21.7. The third-order valence-electron chi connectivity index (χ3n) is 16.0. The van der Waals surface area contributed by atoms with Gasteiger partial charge in [-0.05, 0) is 112 Å². The average Bonchev–Trinajstić information content (AvgIpc) is 3.55. The van der Waals surface area contributed by atoms with Crippen molar-refractivity contribution >= 4 is 57.5 Å². The van der Waals surface area contributed by atoms with Gasteiger partial charge in [0.1, 0.15) is 18.0 Å². The summed E-state index contributed by atoms with van der Waals surface area (Å²) in [6.45, 7) is 14.3. The van der Waals surface area contributed by atoms with Gasteiger partial charge in [-0.25, -0.2) is 9.59 Å². The number of aromatic amines is 1. The SMILES string of the molecule is CCCN1/C(=C\C=C\C2=[N+](CCCCCC(=O)NCCCCNC(=O)COc3ccc4[nH]c5c(c4c3)CCN3C=C(C(=O)c4ccccc4O)C=C(C(=O)OC)[C@]53C(=O)OC)c3ccccc3C2(C)C)C(C)(C)c2ccccc21. The Morgan fingerprint density at radius 3 is 2.28 bits per heavy atom. The van der Waals surface area contributed by atoms with E-state index in [4.69, 9.17) is 14.2 Å². The highest BCUT2D eigenvalue weighted by Gasteiger charge is 2.58.